The van der Waals surface area contributed by atoms with Gasteiger partial charge in [0.25, 0.3) is 0 Å². The predicted octanol–water partition coefficient (Wildman–Crippen LogP) is 6.80. The Bertz CT molecular complexity index is 725. The molecule has 30 heavy (non-hydrogen) atoms. The van der Waals surface area contributed by atoms with E-state index in [4.69, 9.17) is 34.8 Å². The van der Waals surface area contributed by atoms with Gasteiger partial charge in [-0.25, -0.2) is 0 Å². The van der Waals surface area contributed by atoms with Crippen molar-refractivity contribution in [2.75, 3.05) is 0 Å². The molecule has 7 heteroatoms. The van der Waals surface area contributed by atoms with Crippen molar-refractivity contribution in [2.45, 2.75) is 89.9 Å². The molecule has 0 aromatic carbocycles. The molecular formula is C23H35Cl3GeO3. The molecule has 0 aromatic heterocycles. The van der Waals surface area contributed by atoms with Gasteiger partial charge in [0, 0.05) is 0 Å². The molecule has 1 unspecified atom stereocenters. The average molecular weight is 538 g/mol. The third kappa shape index (κ3) is 3.80. The Morgan fingerprint density at radius 3 is 2.17 bits per heavy atom. The Kier molecular flexibility index (Phi) is 6.40. The number of rotatable bonds is 3. The van der Waals surface area contributed by atoms with Gasteiger partial charge in [-0.1, -0.05) is 0 Å². The fraction of sp³-hybridized carbons (Fsp3) is 0.913. The molecule has 0 N–H and O–H groups in total. The summed E-state index contributed by atoms with van der Waals surface area (Å²) in [5.41, 5.74) is 0.275. The second-order valence-corrected chi connectivity index (χ2v) is 27.3. The van der Waals surface area contributed by atoms with E-state index in [9.17, 15) is 9.59 Å². The summed E-state index contributed by atoms with van der Waals surface area (Å²) in [5.74, 6) is 2.38. The molecule has 0 amide bonds. The number of fused-ring (bicyclic) bond motifs is 5. The summed E-state index contributed by atoms with van der Waals surface area (Å²) in [5, 5.41) is 0. The predicted molar refractivity (Wildman–Crippen MR) is 124 cm³/mol. The van der Waals surface area contributed by atoms with E-state index in [1.165, 1.54) is 26.2 Å². The number of ketones is 1. The fourth-order valence-electron chi connectivity index (χ4n) is 8.68. The molecule has 0 heterocycles. The quantitative estimate of drug-likeness (QED) is 0.293. The van der Waals surface area contributed by atoms with Gasteiger partial charge in [-0.3, -0.25) is 0 Å². The van der Waals surface area contributed by atoms with Gasteiger partial charge in [0.1, 0.15) is 0 Å². The van der Waals surface area contributed by atoms with Crippen molar-refractivity contribution in [3.63, 3.8) is 0 Å². The van der Waals surface area contributed by atoms with Crippen LogP contribution >= 0.6 is 30.0 Å². The first-order valence-electron chi connectivity index (χ1n) is 11.6. The summed E-state index contributed by atoms with van der Waals surface area (Å²) in [7, 11) is 16.3. The first-order valence-corrected chi connectivity index (χ1v) is 21.1. The van der Waals surface area contributed by atoms with Crippen LogP contribution in [-0.4, -0.2) is 28.3 Å². The normalized spacial score (nSPS) is 48.3. The van der Waals surface area contributed by atoms with Crippen LogP contribution in [0.5, 0.6) is 0 Å². The van der Waals surface area contributed by atoms with Crippen LogP contribution < -0.4 is 0 Å². The van der Waals surface area contributed by atoms with E-state index in [-0.39, 0.29) is 33.9 Å². The average Bonchev–Trinajstić information content (AvgIpc) is 2.95. The van der Waals surface area contributed by atoms with Crippen LogP contribution in [0.15, 0.2) is 0 Å². The molecular weight excluding hydrogens is 503 g/mol. The van der Waals surface area contributed by atoms with E-state index in [2.05, 4.69) is 13.8 Å². The summed E-state index contributed by atoms with van der Waals surface area (Å²) >= 11 is 0. The monoisotopic (exact) mass is 538 g/mol. The van der Waals surface area contributed by atoms with Crippen molar-refractivity contribution in [3.05, 3.63) is 0 Å². The maximum absolute atomic E-state index is 12.8. The van der Waals surface area contributed by atoms with Crippen LogP contribution in [0.2, 0.25) is 4.75 Å². The molecule has 0 saturated heterocycles. The van der Waals surface area contributed by atoms with Gasteiger partial charge >= 0.3 is 197 Å². The van der Waals surface area contributed by atoms with E-state index in [1.54, 1.807) is 6.92 Å². The summed E-state index contributed by atoms with van der Waals surface area (Å²) in [6.45, 7) is 8.04. The van der Waals surface area contributed by atoms with Crippen molar-refractivity contribution in [1.29, 1.82) is 0 Å². The number of carbonyl (C=O) groups excluding carboxylic acids is 2. The summed E-state index contributed by atoms with van der Waals surface area (Å²) in [6, 6.07) is 0. The maximum atomic E-state index is 12.8. The van der Waals surface area contributed by atoms with E-state index in [1.807, 2.05) is 0 Å². The van der Waals surface area contributed by atoms with Crippen molar-refractivity contribution < 1.29 is 14.3 Å². The Balaban J connectivity index is 1.60. The van der Waals surface area contributed by atoms with Crippen LogP contribution in [0.4, 0.5) is 0 Å². The van der Waals surface area contributed by atoms with Crippen molar-refractivity contribution >= 4 is 52.3 Å². The molecule has 4 rings (SSSR count). The number of esters is 1. The molecule has 0 aliphatic heterocycles. The van der Waals surface area contributed by atoms with E-state index >= 15 is 0 Å². The van der Waals surface area contributed by atoms with Gasteiger partial charge in [-0.2, -0.15) is 0 Å². The summed E-state index contributed by atoms with van der Waals surface area (Å²) < 4.78 is 5.58. The van der Waals surface area contributed by atoms with Crippen LogP contribution in [-0.2, 0) is 14.3 Å². The zero-order valence-electron chi connectivity index (χ0n) is 18.6. The molecule has 0 aromatic rings. The molecule has 4 saturated carbocycles. The number of halogens is 3. The Hall–Kier alpha value is 0.553. The molecule has 0 radical (unpaired) electrons. The second-order valence-electron chi connectivity index (χ2n) is 11.2. The zero-order chi connectivity index (χ0) is 22.1. The second kappa shape index (κ2) is 8.10. The van der Waals surface area contributed by atoms with Gasteiger partial charge in [-0.15, -0.1) is 0 Å². The molecule has 0 spiro atoms. The third-order valence-electron chi connectivity index (χ3n) is 9.87. The third-order valence-corrected chi connectivity index (χ3v) is 17.2. The molecule has 4 fully saturated rings. The Labute approximate surface area is 196 Å². The number of carbonyl (C=O) groups is 2. The molecule has 4 aliphatic rings. The Morgan fingerprint density at radius 2 is 1.57 bits per heavy atom. The van der Waals surface area contributed by atoms with Gasteiger partial charge in [-0.05, 0) is 0 Å². The molecule has 0 bridgehead atoms. The van der Waals surface area contributed by atoms with E-state index < -0.39 is 10.5 Å². The number of hydrogen-bond donors (Lipinski definition) is 0. The SMILES string of the molecule is CC(=O)O[C@H]1CC[C@@]2(C)C(CC[C@H]3[C@@H]4C[C@@H]([Ge]([Cl])([Cl])[Cl])[C@H](C(C)=O)[C@@]4(C)CC[C@@H]32)C1. The van der Waals surface area contributed by atoms with Crippen LogP contribution in [0.3, 0.4) is 0 Å². The Morgan fingerprint density at radius 1 is 0.900 bits per heavy atom. The molecule has 9 atom stereocenters. The van der Waals surface area contributed by atoms with Crippen LogP contribution in [0, 0.1) is 40.4 Å². The van der Waals surface area contributed by atoms with Crippen LogP contribution in [0.1, 0.15) is 79.1 Å². The fourth-order valence-corrected chi connectivity index (χ4v) is 15.2. The number of ether oxygens (including phenoxy) is 1. The topological polar surface area (TPSA) is 43.4 Å². The number of hydrogen-bond acceptors (Lipinski definition) is 3. The minimum atomic E-state index is -3.53. The summed E-state index contributed by atoms with van der Waals surface area (Å²) in [4.78, 5) is 24.2. The van der Waals surface area contributed by atoms with E-state index in [0.29, 0.717) is 29.1 Å². The van der Waals surface area contributed by atoms with Crippen LogP contribution in [0.25, 0.3) is 0 Å². The van der Waals surface area contributed by atoms with Gasteiger partial charge < -0.3 is 0 Å². The first kappa shape index (κ1) is 23.7. The standard InChI is InChI=1S/C23H35Cl3GeO3/c1-13(28)21-20(27(24,25)26)12-19-17-6-5-15-11-16(30-14(2)29)7-9-22(15,3)18(17)8-10-23(19,21)4/h15-21H,5-12H2,1-4H3/t15?,16-,17+,18-,19-,20+,21-,22-,23-/m0/s1. The first-order chi connectivity index (χ1) is 13.9. The number of Topliss-reactive ketones (excluding diaryl/α,β-unsaturated/α-hetero) is 1. The van der Waals surface area contributed by atoms with Gasteiger partial charge in [0.2, 0.25) is 0 Å². The molecule has 3 nitrogen and oxygen atoms in total. The van der Waals surface area contributed by atoms with Crippen molar-refractivity contribution in [3.8, 4) is 0 Å². The van der Waals surface area contributed by atoms with Crippen molar-refractivity contribution in [2.24, 2.45) is 40.4 Å². The van der Waals surface area contributed by atoms with Gasteiger partial charge in [0.15, 0.2) is 0 Å². The zero-order valence-corrected chi connectivity index (χ0v) is 22.9. The molecule has 4 aliphatic carbocycles. The van der Waals surface area contributed by atoms with Gasteiger partial charge in [0.05, 0.1) is 0 Å². The van der Waals surface area contributed by atoms with Crippen molar-refractivity contribution in [1.82, 2.24) is 0 Å². The van der Waals surface area contributed by atoms with E-state index in [0.717, 1.165) is 32.1 Å². The molecule has 170 valence electrons. The summed E-state index contributed by atoms with van der Waals surface area (Å²) in [6.07, 6.45) is 8.74. The minimum absolute atomic E-state index is 0.00789.